The average molecular weight is 215 g/mol. The second-order valence-electron chi connectivity index (χ2n) is 4.93. The maximum atomic E-state index is 9.17. The van der Waals surface area contributed by atoms with E-state index in [1.807, 2.05) is 0 Å². The Morgan fingerprint density at radius 1 is 1.21 bits per heavy atom. The fourth-order valence-electron chi connectivity index (χ4n) is 2.66. The van der Waals surface area contributed by atoms with Crippen LogP contribution in [-0.2, 0) is 0 Å². The maximum absolute atomic E-state index is 9.17. The minimum Gasteiger partial charge on any atom is -0.394 e. The summed E-state index contributed by atoms with van der Waals surface area (Å²) < 4.78 is 0. The van der Waals surface area contributed by atoms with Crippen LogP contribution < -0.4 is 5.73 Å². The lowest BCUT2D eigenvalue weighted by Gasteiger charge is -2.21. The van der Waals surface area contributed by atoms with E-state index < -0.39 is 0 Å². The van der Waals surface area contributed by atoms with Gasteiger partial charge in [0.25, 0.3) is 0 Å². The van der Waals surface area contributed by atoms with Crippen molar-refractivity contribution in [2.24, 2.45) is 5.73 Å². The number of rotatable bonds is 3. The van der Waals surface area contributed by atoms with Crippen LogP contribution in [0.5, 0.6) is 0 Å². The Hall–Kier alpha value is 0.270. The van der Waals surface area contributed by atoms with Gasteiger partial charge >= 0.3 is 0 Å². The van der Waals surface area contributed by atoms with Crippen LogP contribution in [0.2, 0.25) is 0 Å². The highest BCUT2D eigenvalue weighted by atomic mass is 32.2. The van der Waals surface area contributed by atoms with E-state index in [9.17, 15) is 0 Å². The summed E-state index contributed by atoms with van der Waals surface area (Å²) in [4.78, 5) is 0. The number of hydrogen-bond donors (Lipinski definition) is 2. The average Bonchev–Trinajstić information content (AvgIpc) is 2.78. The molecule has 2 saturated carbocycles. The molecule has 2 fully saturated rings. The van der Waals surface area contributed by atoms with Gasteiger partial charge < -0.3 is 10.8 Å². The van der Waals surface area contributed by atoms with Gasteiger partial charge in [0.05, 0.1) is 6.61 Å². The Bertz CT molecular complexity index is 194. The highest BCUT2D eigenvalue weighted by Gasteiger charge is 2.36. The van der Waals surface area contributed by atoms with Crippen molar-refractivity contribution in [3.63, 3.8) is 0 Å². The van der Waals surface area contributed by atoms with Crippen LogP contribution in [0.1, 0.15) is 44.9 Å². The number of thioether (sulfide) groups is 1. The standard InChI is InChI=1S/C11H21NOS/c12-11(8-13)6-5-10(7-11)14-9-3-1-2-4-9/h9-10,13H,1-8,12H2. The van der Waals surface area contributed by atoms with Crippen LogP contribution in [0.4, 0.5) is 0 Å². The number of aliphatic hydroxyl groups excluding tert-OH is 1. The summed E-state index contributed by atoms with van der Waals surface area (Å²) in [6.45, 7) is 0.161. The number of aliphatic hydroxyl groups is 1. The first-order chi connectivity index (χ1) is 6.72. The lowest BCUT2D eigenvalue weighted by atomic mass is 10.0. The quantitative estimate of drug-likeness (QED) is 0.756. The summed E-state index contributed by atoms with van der Waals surface area (Å²) in [5.41, 5.74) is 5.81. The van der Waals surface area contributed by atoms with E-state index in [1.54, 1.807) is 0 Å². The first kappa shape index (κ1) is 10.8. The zero-order chi connectivity index (χ0) is 10.0. The molecule has 2 rings (SSSR count). The SMILES string of the molecule is NC1(CO)CCC(SC2CCCC2)C1. The molecule has 0 spiro atoms. The summed E-state index contributed by atoms with van der Waals surface area (Å²) in [6.07, 6.45) is 8.86. The third-order valence-corrected chi connectivity index (χ3v) is 5.24. The zero-order valence-electron chi connectivity index (χ0n) is 8.74. The second-order valence-corrected chi connectivity index (χ2v) is 6.53. The van der Waals surface area contributed by atoms with Crippen LogP contribution in [0.15, 0.2) is 0 Å². The van der Waals surface area contributed by atoms with Gasteiger partial charge in [-0.1, -0.05) is 12.8 Å². The van der Waals surface area contributed by atoms with Crippen LogP contribution in [0.25, 0.3) is 0 Å². The minimum atomic E-state index is -0.254. The molecule has 2 aliphatic carbocycles. The van der Waals surface area contributed by atoms with Crippen LogP contribution in [0.3, 0.4) is 0 Å². The van der Waals surface area contributed by atoms with Gasteiger partial charge in [-0.2, -0.15) is 11.8 Å². The molecule has 0 bridgehead atoms. The van der Waals surface area contributed by atoms with Crippen LogP contribution >= 0.6 is 11.8 Å². The molecule has 3 N–H and O–H groups in total. The predicted molar refractivity (Wildman–Crippen MR) is 61.5 cm³/mol. The molecule has 82 valence electrons. The second kappa shape index (κ2) is 4.42. The monoisotopic (exact) mass is 215 g/mol. The Balaban J connectivity index is 1.78. The lowest BCUT2D eigenvalue weighted by Crippen LogP contribution is -2.41. The smallest absolute Gasteiger partial charge is 0.0611 e. The van der Waals surface area contributed by atoms with Gasteiger partial charge in [-0.05, 0) is 32.1 Å². The Kier molecular flexibility index (Phi) is 3.40. The van der Waals surface area contributed by atoms with Gasteiger partial charge in [0.2, 0.25) is 0 Å². The number of nitrogens with two attached hydrogens (primary N) is 1. The molecule has 0 aromatic rings. The van der Waals surface area contributed by atoms with Crippen molar-refractivity contribution >= 4 is 11.8 Å². The zero-order valence-corrected chi connectivity index (χ0v) is 9.56. The topological polar surface area (TPSA) is 46.2 Å². The third kappa shape index (κ3) is 2.44. The van der Waals surface area contributed by atoms with E-state index >= 15 is 0 Å². The van der Waals surface area contributed by atoms with E-state index in [4.69, 9.17) is 10.8 Å². The molecule has 14 heavy (non-hydrogen) atoms. The molecule has 0 amide bonds. The van der Waals surface area contributed by atoms with E-state index in [0.717, 1.165) is 23.3 Å². The summed E-state index contributed by atoms with van der Waals surface area (Å²) in [5.74, 6) is 0. The largest absolute Gasteiger partial charge is 0.394 e. The van der Waals surface area contributed by atoms with E-state index in [2.05, 4.69) is 11.8 Å². The molecular weight excluding hydrogens is 194 g/mol. The molecule has 0 aliphatic heterocycles. The van der Waals surface area contributed by atoms with Gasteiger partial charge in [0.15, 0.2) is 0 Å². The maximum Gasteiger partial charge on any atom is 0.0611 e. The van der Waals surface area contributed by atoms with E-state index in [-0.39, 0.29) is 12.1 Å². The molecule has 2 unspecified atom stereocenters. The Morgan fingerprint density at radius 2 is 1.93 bits per heavy atom. The van der Waals surface area contributed by atoms with Gasteiger partial charge in [-0.3, -0.25) is 0 Å². The molecule has 0 aromatic heterocycles. The normalized spacial score (nSPS) is 39.4. The summed E-state index contributed by atoms with van der Waals surface area (Å²) in [7, 11) is 0. The molecule has 3 heteroatoms. The predicted octanol–water partition coefficient (Wildman–Crippen LogP) is 1.90. The summed E-state index contributed by atoms with van der Waals surface area (Å²) in [5, 5.41) is 10.8. The van der Waals surface area contributed by atoms with E-state index in [0.29, 0.717) is 0 Å². The Labute approximate surface area is 90.6 Å². The minimum absolute atomic E-state index is 0.161. The first-order valence-electron chi connectivity index (χ1n) is 5.77. The molecule has 0 radical (unpaired) electrons. The van der Waals surface area contributed by atoms with Gasteiger partial charge in [0, 0.05) is 16.0 Å². The third-order valence-electron chi connectivity index (χ3n) is 3.60. The highest BCUT2D eigenvalue weighted by Crippen LogP contribution is 2.41. The van der Waals surface area contributed by atoms with Crippen molar-refractivity contribution in [2.75, 3.05) is 6.61 Å². The highest BCUT2D eigenvalue weighted by molar-refractivity contribution is 8.00. The van der Waals surface area contributed by atoms with Gasteiger partial charge in [0.1, 0.15) is 0 Å². The van der Waals surface area contributed by atoms with Gasteiger partial charge in [-0.25, -0.2) is 0 Å². The van der Waals surface area contributed by atoms with Crippen molar-refractivity contribution < 1.29 is 5.11 Å². The fraction of sp³-hybridized carbons (Fsp3) is 1.00. The molecule has 2 aliphatic rings. The first-order valence-corrected chi connectivity index (χ1v) is 6.71. The van der Waals surface area contributed by atoms with Crippen LogP contribution in [0, 0.1) is 0 Å². The summed E-state index contributed by atoms with van der Waals surface area (Å²) >= 11 is 2.14. The van der Waals surface area contributed by atoms with Crippen molar-refractivity contribution in [1.29, 1.82) is 0 Å². The molecule has 0 heterocycles. The van der Waals surface area contributed by atoms with E-state index in [1.165, 1.54) is 32.1 Å². The fourth-order valence-corrected chi connectivity index (χ4v) is 4.49. The van der Waals surface area contributed by atoms with Crippen molar-refractivity contribution in [2.45, 2.75) is 61.0 Å². The Morgan fingerprint density at radius 3 is 2.50 bits per heavy atom. The molecule has 2 nitrogen and oxygen atoms in total. The number of hydrogen-bond acceptors (Lipinski definition) is 3. The van der Waals surface area contributed by atoms with Crippen molar-refractivity contribution in [3.8, 4) is 0 Å². The molecular formula is C11H21NOS. The molecule has 0 saturated heterocycles. The van der Waals surface area contributed by atoms with Crippen molar-refractivity contribution in [3.05, 3.63) is 0 Å². The van der Waals surface area contributed by atoms with Gasteiger partial charge in [-0.15, -0.1) is 0 Å². The summed E-state index contributed by atoms with van der Waals surface area (Å²) in [6, 6.07) is 0. The lowest BCUT2D eigenvalue weighted by molar-refractivity contribution is 0.200. The van der Waals surface area contributed by atoms with Crippen molar-refractivity contribution in [1.82, 2.24) is 0 Å². The van der Waals surface area contributed by atoms with Crippen LogP contribution in [-0.4, -0.2) is 27.8 Å². The molecule has 2 atom stereocenters. The molecule has 0 aromatic carbocycles.